The van der Waals surface area contributed by atoms with Gasteiger partial charge in [-0.3, -0.25) is 4.79 Å². The van der Waals surface area contributed by atoms with Gasteiger partial charge < -0.3 is 5.32 Å². The molecule has 3 rings (SSSR count). The molecule has 0 saturated carbocycles. The summed E-state index contributed by atoms with van der Waals surface area (Å²) < 4.78 is 0. The van der Waals surface area contributed by atoms with Crippen LogP contribution in [-0.2, 0) is 4.79 Å². The maximum Gasteiger partial charge on any atom is 0.260 e. The number of nitrogens with zero attached hydrogens (tertiary/aromatic N) is 2. The molecule has 1 aromatic rings. The molecule has 0 fully saturated rings. The molecule has 1 atom stereocenters. The molecule has 1 aliphatic carbocycles. The summed E-state index contributed by atoms with van der Waals surface area (Å²) in [5.74, 6) is 0.0869. The van der Waals surface area contributed by atoms with Crippen LogP contribution in [0.1, 0.15) is 5.56 Å². The number of para-hydroxylation sites is 1. The second-order valence-corrected chi connectivity index (χ2v) is 4.79. The normalized spacial score (nSPS) is 20.2. The van der Waals surface area contributed by atoms with Crippen LogP contribution in [0.25, 0.3) is 0 Å². The van der Waals surface area contributed by atoms with Crippen molar-refractivity contribution >= 4 is 23.1 Å². The first-order valence-corrected chi connectivity index (χ1v) is 6.58. The summed E-state index contributed by atoms with van der Waals surface area (Å²) in [5.41, 5.74) is 2.96. The van der Waals surface area contributed by atoms with E-state index in [4.69, 9.17) is 0 Å². The molecule has 1 aliphatic heterocycles. The highest BCUT2D eigenvalue weighted by Gasteiger charge is 2.25. The lowest BCUT2D eigenvalue weighted by Crippen LogP contribution is -2.29. The largest absolute Gasteiger partial charge is 0.378 e. The second kappa shape index (κ2) is 5.25. The molecule has 1 aromatic carbocycles. The number of rotatable bonds is 3. The van der Waals surface area contributed by atoms with Gasteiger partial charge in [0.25, 0.3) is 5.91 Å². The van der Waals surface area contributed by atoms with E-state index < -0.39 is 0 Å². The Morgan fingerprint density at radius 2 is 2.05 bits per heavy atom. The minimum absolute atomic E-state index is 0.141. The molecule has 4 heteroatoms. The zero-order valence-electron chi connectivity index (χ0n) is 11.2. The van der Waals surface area contributed by atoms with Gasteiger partial charge in [-0.15, -0.1) is 0 Å². The van der Waals surface area contributed by atoms with Gasteiger partial charge in [0.1, 0.15) is 5.92 Å². The summed E-state index contributed by atoms with van der Waals surface area (Å²) in [6.45, 7) is 2.48. The van der Waals surface area contributed by atoms with Crippen molar-refractivity contribution in [3.63, 3.8) is 0 Å². The molecule has 1 N–H and O–H groups in total. The van der Waals surface area contributed by atoms with E-state index in [9.17, 15) is 4.79 Å². The molecule has 1 unspecified atom stereocenters. The highest BCUT2D eigenvalue weighted by molar-refractivity contribution is 6.21. The summed E-state index contributed by atoms with van der Waals surface area (Å²) >= 11 is 0. The second-order valence-electron chi connectivity index (χ2n) is 4.79. The third-order valence-corrected chi connectivity index (χ3v) is 3.35. The fraction of sp³-hybridized carbons (Fsp3) is 0.188. The number of aliphatic imine (C=N–C) groups is 2. The fourth-order valence-electron chi connectivity index (χ4n) is 2.24. The van der Waals surface area contributed by atoms with Crippen molar-refractivity contribution in [1.29, 1.82) is 0 Å². The fourth-order valence-corrected chi connectivity index (χ4v) is 2.24. The van der Waals surface area contributed by atoms with Gasteiger partial charge in [-0.2, -0.15) is 4.99 Å². The van der Waals surface area contributed by atoms with Crippen LogP contribution in [0.5, 0.6) is 0 Å². The van der Waals surface area contributed by atoms with Gasteiger partial charge in [0.05, 0.1) is 12.3 Å². The van der Waals surface area contributed by atoms with Crippen molar-refractivity contribution in [3.8, 4) is 0 Å². The number of amides is 1. The molecular formula is C16H15N3O. The topological polar surface area (TPSA) is 53.8 Å². The highest BCUT2D eigenvalue weighted by atomic mass is 16.1. The molecule has 1 heterocycles. The van der Waals surface area contributed by atoms with E-state index >= 15 is 0 Å². The van der Waals surface area contributed by atoms with Gasteiger partial charge in [-0.25, -0.2) is 4.99 Å². The van der Waals surface area contributed by atoms with E-state index in [1.54, 1.807) is 0 Å². The lowest BCUT2D eigenvalue weighted by molar-refractivity contribution is -0.118. The Balaban J connectivity index is 1.74. The molecule has 0 aromatic heterocycles. The number of carbonyl (C=O) groups excluding carboxylic acids is 1. The third kappa shape index (κ3) is 2.45. The maximum atomic E-state index is 11.9. The Hall–Kier alpha value is -2.49. The third-order valence-electron chi connectivity index (χ3n) is 3.35. The first-order valence-electron chi connectivity index (χ1n) is 6.58. The number of hydrogen-bond donors (Lipinski definition) is 1. The SMILES string of the molecule is Cc1ccccc1NCC1=NC(=O)C2C=CC=CC2=N1. The van der Waals surface area contributed by atoms with Crippen LogP contribution in [-0.4, -0.2) is 24.0 Å². The van der Waals surface area contributed by atoms with E-state index in [0.29, 0.717) is 12.4 Å². The number of nitrogens with one attached hydrogen (secondary N) is 1. The number of allylic oxidation sites excluding steroid dienone is 3. The number of hydrogen-bond acceptors (Lipinski definition) is 3. The number of anilines is 1. The summed E-state index contributed by atoms with van der Waals surface area (Å²) in [5, 5.41) is 3.27. The standard InChI is InChI=1S/C16H15N3O/c1-11-6-2-4-8-13(11)17-10-15-18-14-9-5-3-7-12(14)16(20)19-15/h2-9,12,17H,10H2,1H3. The van der Waals surface area contributed by atoms with Crippen LogP contribution < -0.4 is 5.32 Å². The molecule has 0 bridgehead atoms. The average Bonchev–Trinajstić information content (AvgIpc) is 2.46. The molecule has 100 valence electrons. The van der Waals surface area contributed by atoms with Gasteiger partial charge >= 0.3 is 0 Å². The van der Waals surface area contributed by atoms with Crippen LogP contribution in [0.4, 0.5) is 5.69 Å². The molecule has 1 amide bonds. The highest BCUT2D eigenvalue weighted by Crippen LogP contribution is 2.17. The predicted molar refractivity (Wildman–Crippen MR) is 81.3 cm³/mol. The van der Waals surface area contributed by atoms with Crippen LogP contribution in [0.2, 0.25) is 0 Å². The molecule has 20 heavy (non-hydrogen) atoms. The Morgan fingerprint density at radius 3 is 2.90 bits per heavy atom. The Bertz CT molecular complexity index is 668. The lowest BCUT2D eigenvalue weighted by atomic mass is 9.96. The average molecular weight is 265 g/mol. The van der Waals surface area contributed by atoms with Crippen molar-refractivity contribution in [1.82, 2.24) is 0 Å². The van der Waals surface area contributed by atoms with Gasteiger partial charge in [0, 0.05) is 5.69 Å². The van der Waals surface area contributed by atoms with Crippen LogP contribution >= 0.6 is 0 Å². The molecule has 2 aliphatic rings. The summed E-state index contributed by atoms with van der Waals surface area (Å²) in [6.07, 6.45) is 7.44. The first kappa shape index (κ1) is 12.5. The van der Waals surface area contributed by atoms with Gasteiger partial charge in [0.15, 0.2) is 5.84 Å². The van der Waals surface area contributed by atoms with Gasteiger partial charge in [0.2, 0.25) is 0 Å². The lowest BCUT2D eigenvalue weighted by Gasteiger charge is -2.18. The first-order chi connectivity index (χ1) is 9.74. The number of benzene rings is 1. The number of fused-ring (bicyclic) bond motifs is 1. The molecule has 0 spiro atoms. The maximum absolute atomic E-state index is 11.9. The quantitative estimate of drug-likeness (QED) is 0.913. The van der Waals surface area contributed by atoms with E-state index in [-0.39, 0.29) is 11.8 Å². The van der Waals surface area contributed by atoms with Crippen molar-refractivity contribution in [2.24, 2.45) is 15.9 Å². The van der Waals surface area contributed by atoms with Crippen molar-refractivity contribution in [2.45, 2.75) is 6.92 Å². The Morgan fingerprint density at radius 1 is 1.20 bits per heavy atom. The molecule has 4 nitrogen and oxygen atoms in total. The van der Waals surface area contributed by atoms with Crippen LogP contribution in [0.3, 0.4) is 0 Å². The Labute approximate surface area is 117 Å². The zero-order valence-corrected chi connectivity index (χ0v) is 11.2. The summed E-state index contributed by atoms with van der Waals surface area (Å²) in [7, 11) is 0. The summed E-state index contributed by atoms with van der Waals surface area (Å²) in [4.78, 5) is 20.4. The van der Waals surface area contributed by atoms with E-state index in [1.165, 1.54) is 0 Å². The molecular weight excluding hydrogens is 250 g/mol. The minimum atomic E-state index is -0.304. The van der Waals surface area contributed by atoms with Crippen molar-refractivity contribution in [3.05, 3.63) is 54.1 Å². The number of amidine groups is 1. The summed E-state index contributed by atoms with van der Waals surface area (Å²) in [6, 6.07) is 8.00. The van der Waals surface area contributed by atoms with E-state index in [1.807, 2.05) is 55.5 Å². The molecule has 0 saturated heterocycles. The molecule has 0 radical (unpaired) electrons. The van der Waals surface area contributed by atoms with Crippen LogP contribution in [0, 0.1) is 12.8 Å². The Kier molecular flexibility index (Phi) is 3.29. The van der Waals surface area contributed by atoms with Crippen molar-refractivity contribution in [2.75, 3.05) is 11.9 Å². The van der Waals surface area contributed by atoms with Crippen LogP contribution in [0.15, 0.2) is 58.6 Å². The smallest absolute Gasteiger partial charge is 0.260 e. The predicted octanol–water partition coefficient (Wildman–Crippen LogP) is 2.53. The van der Waals surface area contributed by atoms with Gasteiger partial charge in [-0.05, 0) is 24.6 Å². The van der Waals surface area contributed by atoms with E-state index in [2.05, 4.69) is 15.3 Å². The van der Waals surface area contributed by atoms with Gasteiger partial charge in [-0.1, -0.05) is 36.4 Å². The number of carbonyl (C=O) groups is 1. The number of aryl methyl sites for hydroxylation is 1. The minimum Gasteiger partial charge on any atom is -0.378 e. The monoisotopic (exact) mass is 265 g/mol. The zero-order chi connectivity index (χ0) is 13.9. The van der Waals surface area contributed by atoms with Crippen molar-refractivity contribution < 1.29 is 4.79 Å². The van der Waals surface area contributed by atoms with E-state index in [0.717, 1.165) is 17.0 Å².